The van der Waals surface area contributed by atoms with E-state index in [1.807, 2.05) is 37.3 Å². The van der Waals surface area contributed by atoms with E-state index in [9.17, 15) is 17.6 Å². The topological polar surface area (TPSA) is 66.5 Å². The van der Waals surface area contributed by atoms with Gasteiger partial charge in [0.25, 0.3) is 0 Å². The number of carbonyl (C=O) groups excluding carboxylic acids is 1. The molecule has 2 aromatic carbocycles. The van der Waals surface area contributed by atoms with E-state index in [2.05, 4.69) is 5.32 Å². The molecule has 134 valence electrons. The molecule has 7 heteroatoms. The van der Waals surface area contributed by atoms with Crippen LogP contribution in [0.5, 0.6) is 0 Å². The van der Waals surface area contributed by atoms with Crippen LogP contribution in [0.1, 0.15) is 18.4 Å². The number of halogens is 1. The van der Waals surface area contributed by atoms with Gasteiger partial charge in [0, 0.05) is 6.54 Å². The molecule has 0 fully saturated rings. The fourth-order valence-electron chi connectivity index (χ4n) is 2.36. The number of carbonyl (C=O) groups is 1. The molecule has 2 rings (SSSR count). The molecule has 0 radical (unpaired) electrons. The largest absolute Gasteiger partial charge is 0.354 e. The third-order valence-electron chi connectivity index (χ3n) is 3.78. The van der Waals surface area contributed by atoms with Crippen molar-refractivity contribution in [1.29, 1.82) is 0 Å². The molecule has 0 saturated carbocycles. The minimum atomic E-state index is -3.67. The summed E-state index contributed by atoms with van der Waals surface area (Å²) < 4.78 is 37.9. The molecule has 0 aliphatic heterocycles. The summed E-state index contributed by atoms with van der Waals surface area (Å²) in [6, 6.07) is 14.7. The first-order valence-electron chi connectivity index (χ1n) is 7.82. The van der Waals surface area contributed by atoms with Crippen molar-refractivity contribution in [2.45, 2.75) is 12.8 Å². The molecular weight excluding hydrogens is 343 g/mol. The molecule has 0 bridgehead atoms. The van der Waals surface area contributed by atoms with Gasteiger partial charge in [-0.1, -0.05) is 37.3 Å². The van der Waals surface area contributed by atoms with Gasteiger partial charge < -0.3 is 5.32 Å². The lowest BCUT2D eigenvalue weighted by Crippen LogP contribution is -2.41. The van der Waals surface area contributed by atoms with Gasteiger partial charge in [-0.25, -0.2) is 12.8 Å². The zero-order valence-corrected chi connectivity index (χ0v) is 15.0. The van der Waals surface area contributed by atoms with Gasteiger partial charge in [0.15, 0.2) is 0 Å². The van der Waals surface area contributed by atoms with Gasteiger partial charge in [-0.3, -0.25) is 9.10 Å². The van der Waals surface area contributed by atoms with E-state index in [-0.39, 0.29) is 18.2 Å². The van der Waals surface area contributed by atoms with Gasteiger partial charge in [-0.15, -0.1) is 0 Å². The Labute approximate surface area is 147 Å². The van der Waals surface area contributed by atoms with Crippen molar-refractivity contribution in [3.8, 4) is 0 Å². The number of hydrogen-bond donors (Lipinski definition) is 1. The summed E-state index contributed by atoms with van der Waals surface area (Å²) in [6.45, 7) is 2.01. The van der Waals surface area contributed by atoms with Crippen molar-refractivity contribution in [3.05, 3.63) is 66.0 Å². The molecule has 0 aromatic heterocycles. The number of anilines is 1. The van der Waals surface area contributed by atoms with Gasteiger partial charge in [0.1, 0.15) is 12.4 Å². The normalized spacial score (nSPS) is 12.4. The number of nitrogens with zero attached hydrogens (tertiary/aromatic N) is 1. The Kier molecular flexibility index (Phi) is 6.14. The smallest absolute Gasteiger partial charge is 0.240 e. The predicted molar refractivity (Wildman–Crippen MR) is 96.5 cm³/mol. The third-order valence-corrected chi connectivity index (χ3v) is 4.92. The Morgan fingerprint density at radius 1 is 1.12 bits per heavy atom. The maximum atomic E-state index is 13.0. The second-order valence-electron chi connectivity index (χ2n) is 5.86. The van der Waals surface area contributed by atoms with Crippen LogP contribution in [0.4, 0.5) is 10.1 Å². The highest BCUT2D eigenvalue weighted by Crippen LogP contribution is 2.18. The zero-order chi connectivity index (χ0) is 18.4. The van der Waals surface area contributed by atoms with E-state index in [0.717, 1.165) is 28.3 Å². The van der Waals surface area contributed by atoms with E-state index in [1.54, 1.807) is 0 Å². The van der Waals surface area contributed by atoms with Gasteiger partial charge >= 0.3 is 0 Å². The van der Waals surface area contributed by atoms with Crippen LogP contribution in [0.3, 0.4) is 0 Å². The summed E-state index contributed by atoms with van der Waals surface area (Å²) in [4.78, 5) is 12.2. The average molecular weight is 364 g/mol. The lowest BCUT2D eigenvalue weighted by molar-refractivity contribution is -0.119. The van der Waals surface area contributed by atoms with Crippen LogP contribution in [-0.4, -0.2) is 33.7 Å². The second-order valence-corrected chi connectivity index (χ2v) is 7.77. The van der Waals surface area contributed by atoms with Crippen molar-refractivity contribution in [1.82, 2.24) is 5.32 Å². The average Bonchev–Trinajstić information content (AvgIpc) is 2.58. The summed E-state index contributed by atoms with van der Waals surface area (Å²) in [5.41, 5.74) is 1.33. The molecule has 1 atom stereocenters. The predicted octanol–water partition coefficient (Wildman–Crippen LogP) is 2.51. The Morgan fingerprint density at radius 2 is 1.72 bits per heavy atom. The quantitative estimate of drug-likeness (QED) is 0.821. The maximum Gasteiger partial charge on any atom is 0.240 e. The van der Waals surface area contributed by atoms with Crippen LogP contribution in [0, 0.1) is 5.82 Å². The van der Waals surface area contributed by atoms with Crippen LogP contribution >= 0.6 is 0 Å². The highest BCUT2D eigenvalue weighted by Gasteiger charge is 2.21. The molecule has 0 aliphatic rings. The first-order valence-corrected chi connectivity index (χ1v) is 9.67. The van der Waals surface area contributed by atoms with E-state index in [1.165, 1.54) is 12.1 Å². The molecule has 0 aliphatic carbocycles. The number of hydrogen-bond acceptors (Lipinski definition) is 3. The molecule has 0 heterocycles. The second kappa shape index (κ2) is 8.11. The molecule has 5 nitrogen and oxygen atoms in total. The molecule has 0 spiro atoms. The Bertz CT molecular complexity index is 808. The molecular formula is C18H21FN2O3S. The lowest BCUT2D eigenvalue weighted by atomic mass is 10.0. The molecule has 25 heavy (non-hydrogen) atoms. The number of sulfonamides is 1. The van der Waals surface area contributed by atoms with E-state index in [0.29, 0.717) is 6.54 Å². The molecule has 2 aromatic rings. The summed E-state index contributed by atoms with van der Waals surface area (Å²) in [7, 11) is -3.67. The number of benzene rings is 2. The number of nitrogens with one attached hydrogen (secondary N) is 1. The summed E-state index contributed by atoms with van der Waals surface area (Å²) >= 11 is 0. The van der Waals surface area contributed by atoms with Crippen LogP contribution in [0.15, 0.2) is 54.6 Å². The molecule has 1 unspecified atom stereocenters. The number of rotatable bonds is 7. The lowest BCUT2D eigenvalue weighted by Gasteiger charge is -2.22. The first kappa shape index (κ1) is 18.9. The fourth-order valence-corrected chi connectivity index (χ4v) is 3.22. The van der Waals surface area contributed by atoms with E-state index < -0.39 is 21.7 Å². The van der Waals surface area contributed by atoms with E-state index >= 15 is 0 Å². The third kappa shape index (κ3) is 5.56. The Hall–Kier alpha value is -2.41. The summed E-state index contributed by atoms with van der Waals surface area (Å²) in [5, 5.41) is 2.75. The fraction of sp³-hybridized carbons (Fsp3) is 0.278. The van der Waals surface area contributed by atoms with Crippen LogP contribution in [-0.2, 0) is 14.8 Å². The molecule has 0 saturated heterocycles. The van der Waals surface area contributed by atoms with Gasteiger partial charge in [-0.05, 0) is 35.7 Å². The monoisotopic (exact) mass is 364 g/mol. The standard InChI is InChI=1S/C18H21FN2O3S/c1-14(15-6-4-3-5-7-15)12-20-18(22)13-21(25(2,23)24)17-10-8-16(19)9-11-17/h3-11,14H,12-13H2,1-2H3,(H,20,22). The minimum Gasteiger partial charge on any atom is -0.354 e. The van der Waals surface area contributed by atoms with Crippen LogP contribution in [0.2, 0.25) is 0 Å². The Balaban J connectivity index is 2.01. The Morgan fingerprint density at radius 3 is 2.28 bits per heavy atom. The van der Waals surface area contributed by atoms with Crippen LogP contribution < -0.4 is 9.62 Å². The highest BCUT2D eigenvalue weighted by molar-refractivity contribution is 7.92. The van der Waals surface area contributed by atoms with Crippen molar-refractivity contribution >= 4 is 21.6 Å². The van der Waals surface area contributed by atoms with Gasteiger partial charge in [0.05, 0.1) is 11.9 Å². The minimum absolute atomic E-state index is 0.0997. The maximum absolute atomic E-state index is 13.0. The molecule has 1 amide bonds. The van der Waals surface area contributed by atoms with Crippen molar-refractivity contribution in [2.75, 3.05) is 23.7 Å². The first-order chi connectivity index (χ1) is 11.8. The van der Waals surface area contributed by atoms with E-state index in [4.69, 9.17) is 0 Å². The highest BCUT2D eigenvalue weighted by atomic mass is 32.2. The van der Waals surface area contributed by atoms with Gasteiger partial charge in [0.2, 0.25) is 15.9 Å². The SMILES string of the molecule is CC(CNC(=O)CN(c1ccc(F)cc1)S(C)(=O)=O)c1ccccc1. The van der Waals surface area contributed by atoms with Crippen molar-refractivity contribution in [3.63, 3.8) is 0 Å². The van der Waals surface area contributed by atoms with Gasteiger partial charge in [-0.2, -0.15) is 0 Å². The summed E-state index contributed by atoms with van der Waals surface area (Å²) in [6.07, 6.45) is 1.01. The summed E-state index contributed by atoms with van der Waals surface area (Å²) in [5.74, 6) is -0.793. The van der Waals surface area contributed by atoms with Crippen LogP contribution in [0.25, 0.3) is 0 Å². The number of amides is 1. The molecule has 1 N–H and O–H groups in total. The van der Waals surface area contributed by atoms with Crippen molar-refractivity contribution in [2.24, 2.45) is 0 Å². The van der Waals surface area contributed by atoms with Crippen molar-refractivity contribution < 1.29 is 17.6 Å². The zero-order valence-electron chi connectivity index (χ0n) is 14.1.